The molecule has 2 aromatic rings. The molecular formula is C58H91N6O11P. The number of nitrogens with zero attached hydrogens (tertiary/aromatic N) is 6. The summed E-state index contributed by atoms with van der Waals surface area (Å²) in [4.78, 5) is 84.6. The van der Waals surface area contributed by atoms with Crippen LogP contribution >= 0.6 is 8.53 Å². The summed E-state index contributed by atoms with van der Waals surface area (Å²) < 4.78 is 48.4. The van der Waals surface area contributed by atoms with E-state index in [1.165, 1.54) is 30.9 Å². The van der Waals surface area contributed by atoms with Crippen LogP contribution in [0.4, 0.5) is 0 Å². The number of hydrogen-bond donors (Lipinski definition) is 2. The van der Waals surface area contributed by atoms with Crippen molar-refractivity contribution in [3.63, 3.8) is 0 Å². The average molecular weight is 1090 g/mol. The van der Waals surface area contributed by atoms with Crippen molar-refractivity contribution in [1.82, 2.24) is 24.3 Å². The van der Waals surface area contributed by atoms with Gasteiger partial charge in [-0.1, -0.05) is 63.3 Å². The third kappa shape index (κ3) is 19.1. The first-order chi connectivity index (χ1) is 38.5. The highest BCUT2D eigenvalue weighted by molar-refractivity contribution is 7.44. The van der Waals surface area contributed by atoms with Crippen molar-refractivity contribution < 1.29 is 55.5 Å². The number of imide groups is 2. The second kappa shape index (κ2) is 35.1. The van der Waals surface area contributed by atoms with Crippen LogP contribution in [0.5, 0.6) is 0 Å². The molecule has 4 heterocycles. The predicted molar refractivity (Wildman–Crippen MR) is 298 cm³/mol. The quantitative estimate of drug-likeness (QED) is 0.0269. The molecule has 0 spiro atoms. The first-order valence-electron chi connectivity index (χ1n) is 29.6. The summed E-state index contributed by atoms with van der Waals surface area (Å²) >= 11 is 0. The zero-order valence-electron chi connectivity index (χ0n) is 50.6. The van der Waals surface area contributed by atoms with Gasteiger partial charge in [-0.3, -0.25) is 43.6 Å². The van der Waals surface area contributed by atoms with Crippen molar-refractivity contribution in [2.75, 3.05) is 66.6 Å². The normalized spacial score (nSPS) is 19.9. The van der Waals surface area contributed by atoms with Gasteiger partial charge in [-0.2, -0.15) is 0 Å². The summed E-state index contributed by atoms with van der Waals surface area (Å²) in [5.74, 6) is -1.17. The maximum Gasteiger partial charge on any atom is 0.308 e. The Balaban J connectivity index is 0.000000386. The molecule has 0 saturated carbocycles. The van der Waals surface area contributed by atoms with Gasteiger partial charge in [0.15, 0.2) is 5.72 Å². The Morgan fingerprint density at radius 1 is 0.776 bits per heavy atom. The number of amides is 4. The number of esters is 1. The van der Waals surface area contributed by atoms with Crippen LogP contribution in [0, 0.1) is 6.57 Å². The minimum Gasteiger partial charge on any atom is -0.444 e. The molecule has 6 rings (SSSR count). The number of carbonyl (C=O) groups is 6. The number of Topliss-reactive ketones (excluding diaryl/α,β-unsaturated/α-hetero) is 1. The molecule has 2 N–H and O–H groups in total. The summed E-state index contributed by atoms with van der Waals surface area (Å²) in [7, 11) is 1.21. The Morgan fingerprint density at radius 3 is 1.75 bits per heavy atom. The van der Waals surface area contributed by atoms with Crippen LogP contribution in [0.2, 0.25) is 0 Å². The van der Waals surface area contributed by atoms with Crippen molar-refractivity contribution >= 4 is 43.9 Å². The number of aliphatic hydroxyl groups excluding tert-OH is 2. The van der Waals surface area contributed by atoms with Crippen LogP contribution in [0.1, 0.15) is 202 Å². The summed E-state index contributed by atoms with van der Waals surface area (Å²) in [6, 6.07) is 14.6. The topological polar surface area (TPSA) is 191 Å². The standard InChI is InChI=1S/C30H47N4O4P.C26H36N2O5.2CH4O/c1-23(2)34(24(3)4)39(37-22-18-31-6)38-25(5)28-17-11-14-20-32(28)19-12-7-8-13-21-33-29(35)26-15-9-10-16-27(26)30(33)36;1-3-26(33-23(30)15-14-20(2)29)16-8-11-18-27(26)17-9-4-5-10-19-28-24(31)21-12-6-7-13-22(21)25(28)32;2*1-2/h9-10,15-16,23-25,28H,7-8,11-14,17-22H2,1-5H3;6-7,12-13H,3-5,8-11,14-19H2,1-2H3;2*2H,1H3/i5D;1D;2*2T. The lowest BCUT2D eigenvalue weighted by Crippen LogP contribution is -2.54. The van der Waals surface area contributed by atoms with E-state index < -0.39 is 14.3 Å². The number of rotatable bonds is 28. The van der Waals surface area contributed by atoms with Crippen LogP contribution in [0.15, 0.2) is 48.5 Å². The van der Waals surface area contributed by atoms with Gasteiger partial charge in [0.05, 0.1) is 34.8 Å². The third-order valence-electron chi connectivity index (χ3n) is 14.1. The maximum absolute atomic E-state index is 12.6. The Morgan fingerprint density at radius 2 is 1.28 bits per heavy atom. The number of ketones is 1. The van der Waals surface area contributed by atoms with Crippen molar-refractivity contribution in [1.29, 1.82) is 2.86 Å². The minimum atomic E-state index is -1.37. The Bertz CT molecular complexity index is 2180. The lowest BCUT2D eigenvalue weighted by atomic mass is 9.94. The molecule has 4 aliphatic heterocycles. The number of unbranched alkanes of at least 4 members (excludes halogenated alkanes) is 6. The second-order valence-electron chi connectivity index (χ2n) is 20.0. The first-order valence-corrected chi connectivity index (χ1v) is 28.5. The molecule has 0 bridgehead atoms. The smallest absolute Gasteiger partial charge is 0.308 e. The summed E-state index contributed by atoms with van der Waals surface area (Å²) in [5, 5.41) is 7.00. The van der Waals surface area contributed by atoms with E-state index in [0.29, 0.717) is 54.9 Å². The molecule has 4 unspecified atom stereocenters. The van der Waals surface area contributed by atoms with Gasteiger partial charge in [-0.25, -0.2) is 11.2 Å². The van der Waals surface area contributed by atoms with Crippen LogP contribution in [-0.4, -0.2) is 169 Å². The number of piperidine rings is 2. The molecule has 4 amide bonds. The van der Waals surface area contributed by atoms with Crippen LogP contribution < -0.4 is 0 Å². The van der Waals surface area contributed by atoms with Gasteiger partial charge in [-0.05, 0) is 137 Å². The number of aliphatic hydroxyl groups is 2. The fourth-order valence-corrected chi connectivity index (χ4v) is 12.0. The number of likely N-dealkylation sites (tertiary alicyclic amines) is 2. The van der Waals surface area contributed by atoms with Crippen molar-refractivity contribution in [2.45, 2.75) is 188 Å². The fraction of sp³-hybridized carbons (Fsp3) is 0.672. The van der Waals surface area contributed by atoms with Crippen molar-refractivity contribution in [3.8, 4) is 0 Å². The van der Waals surface area contributed by atoms with E-state index in [0.717, 1.165) is 116 Å². The molecule has 18 heteroatoms. The monoisotopic (exact) mass is 1080 g/mol. The number of carbonyl (C=O) groups excluding carboxylic acids is 6. The highest BCUT2D eigenvalue weighted by Crippen LogP contribution is 2.48. The van der Waals surface area contributed by atoms with Crippen LogP contribution in [0.25, 0.3) is 4.85 Å². The van der Waals surface area contributed by atoms with Gasteiger partial charge in [0.1, 0.15) is 12.4 Å². The fourth-order valence-electron chi connectivity index (χ4n) is 10.3. The molecule has 2 fully saturated rings. The van der Waals surface area contributed by atoms with Gasteiger partial charge in [0.25, 0.3) is 32.2 Å². The Hall–Kier alpha value is -4.50. The highest BCUT2D eigenvalue weighted by atomic mass is 31.2. The molecule has 2 saturated heterocycles. The molecule has 0 radical (unpaired) electrons. The second-order valence-corrected chi connectivity index (χ2v) is 21.4. The lowest BCUT2D eigenvalue weighted by molar-refractivity contribution is -0.196. The minimum absolute atomic E-state index is 0.0341. The molecule has 0 aromatic heterocycles. The van der Waals surface area contributed by atoms with E-state index in [2.05, 4.69) is 57.2 Å². The van der Waals surface area contributed by atoms with E-state index >= 15 is 0 Å². The van der Waals surface area contributed by atoms with Gasteiger partial charge < -0.3 is 33.6 Å². The number of benzene rings is 2. The predicted octanol–water partition coefficient (Wildman–Crippen LogP) is 9.95. The van der Waals surface area contributed by atoms with Gasteiger partial charge in [-0.15, -0.1) is 0 Å². The number of fused-ring (bicyclic) bond motifs is 2. The van der Waals surface area contributed by atoms with Crippen LogP contribution in [0.3, 0.4) is 0 Å². The van der Waals surface area contributed by atoms with E-state index in [-0.39, 0.29) is 86.3 Å². The summed E-state index contributed by atoms with van der Waals surface area (Å²) in [6.45, 7) is 22.6. The van der Waals surface area contributed by atoms with Gasteiger partial charge >= 0.3 is 5.97 Å². The zero-order chi connectivity index (χ0) is 59.0. The third-order valence-corrected chi connectivity index (χ3v) is 16.2. The molecule has 0 aliphatic carbocycles. The molecule has 17 nitrogen and oxygen atoms in total. The molecule has 76 heavy (non-hydrogen) atoms. The van der Waals surface area contributed by atoms with Gasteiger partial charge in [0, 0.05) is 74.1 Å². The van der Waals surface area contributed by atoms with E-state index in [1.54, 1.807) is 48.5 Å². The lowest BCUT2D eigenvalue weighted by Gasteiger charge is -2.46. The van der Waals surface area contributed by atoms with E-state index in [9.17, 15) is 28.8 Å². The SMILES string of the molecule is [2H]CC(OP(OCC[N+]#[C-])N(C(C)C)C(C)C)C1CCCCN1CCCCCCN1C(=O)c2ccccc2C1=O.[2H]CCC1(OC(=O)CCC(C)=O)CCCCN1CCCCCCN1C(=O)c2ccccc2C1=O.[3H]OC.[3H]OC. The average Bonchev–Trinajstić information content (AvgIpc) is 3.83. The molecule has 2 aromatic carbocycles. The molecule has 4 atom stereocenters. The maximum atomic E-state index is 12.6. The summed E-state index contributed by atoms with van der Waals surface area (Å²) in [5.41, 5.74) is 1.26. The molecule has 424 valence electrons. The number of ether oxygens (including phenoxy) is 1. The summed E-state index contributed by atoms with van der Waals surface area (Å²) in [6.07, 6.45) is 13.8. The molecular weight excluding hydrogens is 988 g/mol. The largest absolute Gasteiger partial charge is 0.444 e. The molecule has 4 aliphatic rings. The number of hydrogen-bond acceptors (Lipinski definition) is 14. The van der Waals surface area contributed by atoms with E-state index in [1.807, 2.05) is 0 Å². The highest BCUT2D eigenvalue weighted by Gasteiger charge is 2.41. The van der Waals surface area contributed by atoms with Crippen molar-refractivity contribution in [2.24, 2.45) is 0 Å². The van der Waals surface area contributed by atoms with Crippen molar-refractivity contribution in [3.05, 3.63) is 82.2 Å². The Kier molecular flexibility index (Phi) is 27.3. The first kappa shape index (κ1) is 59.2. The van der Waals surface area contributed by atoms with Gasteiger partial charge in [0.2, 0.25) is 9.41 Å². The zero-order valence-corrected chi connectivity index (χ0v) is 47.5. The van der Waals surface area contributed by atoms with E-state index in [4.69, 9.17) is 26.0 Å². The van der Waals surface area contributed by atoms with Crippen LogP contribution in [-0.2, 0) is 23.4 Å². The Labute approximate surface area is 461 Å².